The van der Waals surface area contributed by atoms with Crippen LogP contribution in [0.25, 0.3) is 33.4 Å². The van der Waals surface area contributed by atoms with Crippen molar-refractivity contribution in [1.29, 1.82) is 5.26 Å². The van der Waals surface area contributed by atoms with Gasteiger partial charge >= 0.3 is 0 Å². The van der Waals surface area contributed by atoms with E-state index in [1.165, 1.54) is 16.8 Å². The van der Waals surface area contributed by atoms with Crippen molar-refractivity contribution in [1.82, 2.24) is 13.9 Å². The van der Waals surface area contributed by atoms with E-state index in [0.717, 1.165) is 49.4 Å². The fraction of sp³-hybridized carbons (Fsp3) is 0.297. The summed E-state index contributed by atoms with van der Waals surface area (Å²) in [5.41, 5.74) is 3.42. The highest BCUT2D eigenvalue weighted by Gasteiger charge is 2.26. The molecule has 7 rings (SSSR count). The summed E-state index contributed by atoms with van der Waals surface area (Å²) < 4.78 is 47.4. The summed E-state index contributed by atoms with van der Waals surface area (Å²) in [6, 6.07) is 27.4. The van der Waals surface area contributed by atoms with Crippen LogP contribution in [0.4, 0.5) is 0 Å². The van der Waals surface area contributed by atoms with Crippen molar-refractivity contribution in [3.63, 3.8) is 0 Å². The van der Waals surface area contributed by atoms with Gasteiger partial charge in [0.25, 0.3) is 10.0 Å². The minimum absolute atomic E-state index is 0.00372. The highest BCUT2D eigenvalue weighted by Crippen LogP contribution is 2.38. The highest BCUT2D eigenvalue weighted by atomic mass is 32.2. The molecule has 4 heterocycles. The molecule has 9 nitrogen and oxygen atoms in total. The van der Waals surface area contributed by atoms with Gasteiger partial charge in [0.1, 0.15) is 30.3 Å². The summed E-state index contributed by atoms with van der Waals surface area (Å²) in [7, 11) is -4.03. The summed E-state index contributed by atoms with van der Waals surface area (Å²) in [5, 5.41) is 10.7. The molecule has 2 aliphatic heterocycles. The van der Waals surface area contributed by atoms with Crippen LogP contribution in [0.5, 0.6) is 11.5 Å². The summed E-state index contributed by atoms with van der Waals surface area (Å²) in [6.45, 7) is 4.99. The number of fused-ring (bicyclic) bond motifs is 1. The summed E-state index contributed by atoms with van der Waals surface area (Å²) >= 11 is 0. The lowest BCUT2D eigenvalue weighted by molar-refractivity contribution is 0.0254. The zero-order valence-electron chi connectivity index (χ0n) is 26.0. The molecule has 47 heavy (non-hydrogen) atoms. The molecule has 2 aromatic heterocycles. The van der Waals surface area contributed by atoms with E-state index >= 15 is 0 Å². The number of nitriles is 1. The van der Waals surface area contributed by atoms with Gasteiger partial charge in [0.05, 0.1) is 29.4 Å². The lowest BCUT2D eigenvalue weighted by Gasteiger charge is -2.23. The Morgan fingerprint density at radius 1 is 0.915 bits per heavy atom. The van der Waals surface area contributed by atoms with Gasteiger partial charge in [0.2, 0.25) is 0 Å². The molecule has 0 unspecified atom stereocenters. The molecule has 2 aliphatic rings. The fourth-order valence-electron chi connectivity index (χ4n) is 6.35. The molecular formula is C37H36N4O5S. The number of ether oxygens (including phenoxy) is 3. The molecule has 0 aliphatic carbocycles. The molecule has 2 saturated heterocycles. The Balaban J connectivity index is 1.28. The molecule has 0 bridgehead atoms. The lowest BCUT2D eigenvalue weighted by atomic mass is 10.0. The topological polar surface area (TPSA) is 107 Å². The van der Waals surface area contributed by atoms with Gasteiger partial charge in [-0.05, 0) is 103 Å². The van der Waals surface area contributed by atoms with Crippen LogP contribution in [0.15, 0.2) is 96.0 Å². The summed E-state index contributed by atoms with van der Waals surface area (Å²) in [6.07, 6.45) is 5.62. The quantitative estimate of drug-likeness (QED) is 0.169. The van der Waals surface area contributed by atoms with E-state index in [0.29, 0.717) is 53.4 Å². The number of likely N-dealkylation sites (tertiary alicyclic amines) is 1. The monoisotopic (exact) mass is 648 g/mol. The maximum absolute atomic E-state index is 14.2. The Bertz CT molecular complexity index is 2010. The molecule has 0 saturated carbocycles. The van der Waals surface area contributed by atoms with Gasteiger partial charge in [-0.1, -0.05) is 24.3 Å². The van der Waals surface area contributed by atoms with Crippen LogP contribution < -0.4 is 9.47 Å². The summed E-state index contributed by atoms with van der Waals surface area (Å²) in [4.78, 5) is 7.15. The van der Waals surface area contributed by atoms with Crippen molar-refractivity contribution in [3.05, 3.63) is 96.7 Å². The van der Waals surface area contributed by atoms with Crippen molar-refractivity contribution in [2.45, 2.75) is 36.7 Å². The Morgan fingerprint density at radius 3 is 2.40 bits per heavy atom. The fourth-order valence-corrected chi connectivity index (χ4v) is 7.85. The smallest absolute Gasteiger partial charge is 0.269 e. The van der Waals surface area contributed by atoms with E-state index in [1.54, 1.807) is 42.6 Å². The minimum atomic E-state index is -4.03. The van der Waals surface area contributed by atoms with Crippen molar-refractivity contribution in [2.24, 2.45) is 0 Å². The van der Waals surface area contributed by atoms with Crippen LogP contribution >= 0.6 is 0 Å². The molecule has 0 amide bonds. The third kappa shape index (κ3) is 6.47. The van der Waals surface area contributed by atoms with Crippen molar-refractivity contribution < 1.29 is 22.6 Å². The molecule has 0 spiro atoms. The maximum Gasteiger partial charge on any atom is 0.269 e. The van der Waals surface area contributed by atoms with Crippen LogP contribution in [0.1, 0.15) is 31.2 Å². The SMILES string of the molecule is N#Cc1cc(-c2ccnc3c2cc(-c2ccc(OCCN4CCCC4)cc2)n3S(=O)(=O)c2ccccc2)ccc1OC1CCOCC1. The zero-order chi connectivity index (χ0) is 32.2. The minimum Gasteiger partial charge on any atom is -0.492 e. The predicted octanol–water partition coefficient (Wildman–Crippen LogP) is 6.51. The number of hydrogen-bond acceptors (Lipinski definition) is 8. The van der Waals surface area contributed by atoms with E-state index in [2.05, 4.69) is 16.0 Å². The predicted molar refractivity (Wildman–Crippen MR) is 180 cm³/mol. The molecule has 0 N–H and O–H groups in total. The third-order valence-electron chi connectivity index (χ3n) is 8.84. The van der Waals surface area contributed by atoms with Crippen molar-refractivity contribution in [2.75, 3.05) is 39.5 Å². The first-order valence-corrected chi connectivity index (χ1v) is 17.5. The number of aromatic nitrogens is 2. The van der Waals surface area contributed by atoms with E-state index in [-0.39, 0.29) is 11.0 Å². The van der Waals surface area contributed by atoms with Crippen LogP contribution in [0, 0.1) is 11.3 Å². The van der Waals surface area contributed by atoms with Crippen LogP contribution in [-0.2, 0) is 14.8 Å². The van der Waals surface area contributed by atoms with Crippen LogP contribution in [0.3, 0.4) is 0 Å². The summed E-state index contributed by atoms with van der Waals surface area (Å²) in [5.74, 6) is 1.26. The second-order valence-corrected chi connectivity index (χ2v) is 13.7. The third-order valence-corrected chi connectivity index (χ3v) is 10.6. The van der Waals surface area contributed by atoms with Gasteiger partial charge in [-0.2, -0.15) is 5.26 Å². The molecule has 3 aromatic carbocycles. The molecule has 0 atom stereocenters. The molecule has 240 valence electrons. The average molecular weight is 649 g/mol. The van der Waals surface area contributed by atoms with E-state index in [4.69, 9.17) is 14.2 Å². The Hall–Kier alpha value is -4.69. The zero-order valence-corrected chi connectivity index (χ0v) is 26.9. The van der Waals surface area contributed by atoms with E-state index in [1.807, 2.05) is 48.5 Å². The lowest BCUT2D eigenvalue weighted by Crippen LogP contribution is -2.26. The average Bonchev–Trinajstić information content (AvgIpc) is 3.78. The van der Waals surface area contributed by atoms with Crippen LogP contribution in [-0.4, -0.2) is 67.8 Å². The Labute approximate surface area is 275 Å². The van der Waals surface area contributed by atoms with Gasteiger partial charge in [0, 0.05) is 31.0 Å². The van der Waals surface area contributed by atoms with E-state index < -0.39 is 10.0 Å². The molecule has 10 heteroatoms. The Morgan fingerprint density at radius 2 is 1.66 bits per heavy atom. The molecule has 5 aromatic rings. The number of pyridine rings is 1. The Kier molecular flexibility index (Phi) is 8.94. The van der Waals surface area contributed by atoms with Crippen molar-refractivity contribution >= 4 is 21.1 Å². The van der Waals surface area contributed by atoms with Crippen molar-refractivity contribution in [3.8, 4) is 40.0 Å². The molecule has 2 fully saturated rings. The number of nitrogens with zero attached hydrogens (tertiary/aromatic N) is 4. The first-order valence-electron chi connectivity index (χ1n) is 16.1. The van der Waals surface area contributed by atoms with Gasteiger partial charge in [-0.3, -0.25) is 4.90 Å². The highest BCUT2D eigenvalue weighted by molar-refractivity contribution is 7.90. The standard InChI is InChI=1S/C37H36N4O5S/c38-26-29-24-28(10-13-36(29)46-31-15-21-44-22-16-31)33-14-17-39-37-34(33)25-35(41(37)47(42,43)32-6-2-1-3-7-32)27-8-11-30(12-9-27)45-23-20-40-18-4-5-19-40/h1-3,6-14,17,24-25,31H,4-5,15-16,18-23H2. The normalized spacial score (nSPS) is 15.9. The molecule has 0 radical (unpaired) electrons. The van der Waals surface area contributed by atoms with E-state index in [9.17, 15) is 13.7 Å². The second kappa shape index (κ2) is 13.6. The van der Waals surface area contributed by atoms with Gasteiger partial charge < -0.3 is 14.2 Å². The van der Waals surface area contributed by atoms with Gasteiger partial charge in [0.15, 0.2) is 5.65 Å². The molecular weight excluding hydrogens is 612 g/mol. The first kappa shape index (κ1) is 30.9. The van der Waals surface area contributed by atoms with Crippen LogP contribution in [0.2, 0.25) is 0 Å². The number of rotatable bonds is 10. The maximum atomic E-state index is 14.2. The van der Waals surface area contributed by atoms with Gasteiger partial charge in [-0.25, -0.2) is 17.4 Å². The largest absolute Gasteiger partial charge is 0.492 e. The first-order chi connectivity index (χ1) is 23.0. The van der Waals surface area contributed by atoms with Gasteiger partial charge in [-0.15, -0.1) is 0 Å². The second-order valence-electron chi connectivity index (χ2n) is 11.9. The number of benzene rings is 3. The number of hydrogen-bond donors (Lipinski definition) is 0.